The summed E-state index contributed by atoms with van der Waals surface area (Å²) in [4.78, 5) is 0.245. The summed E-state index contributed by atoms with van der Waals surface area (Å²) < 4.78 is 42.7. The molecular weight excluding hydrogens is 379 g/mol. The Bertz CT molecular complexity index is 1060. The van der Waals surface area contributed by atoms with Crippen LogP contribution in [0.1, 0.15) is 41.1 Å². The van der Waals surface area contributed by atoms with E-state index in [-0.39, 0.29) is 16.8 Å². The summed E-state index contributed by atoms with van der Waals surface area (Å²) in [7, 11) is -3.34. The topological polar surface area (TPSA) is 72.2 Å². The third-order valence-electron chi connectivity index (χ3n) is 4.69. The standard InChI is InChI=1S/C21H23FN2O3S/c1-4-20-19(14(2)24-27-20)13-23-21(15-8-10-17(22)11-9-15)16-6-5-7-18(12-16)28(3,25)26/h5-12,21,23H,4,13H2,1-3H3/t21-/m0/s1. The van der Waals surface area contributed by atoms with E-state index in [1.807, 2.05) is 19.9 Å². The number of aromatic nitrogens is 1. The maximum Gasteiger partial charge on any atom is 0.175 e. The molecule has 0 amide bonds. The molecule has 0 saturated carbocycles. The Morgan fingerprint density at radius 3 is 2.50 bits per heavy atom. The number of halogens is 1. The van der Waals surface area contributed by atoms with Gasteiger partial charge in [0.25, 0.3) is 0 Å². The fraction of sp³-hybridized carbons (Fsp3) is 0.286. The molecule has 1 atom stereocenters. The van der Waals surface area contributed by atoms with Crippen LogP contribution in [0.5, 0.6) is 0 Å². The molecule has 0 aliphatic heterocycles. The van der Waals surface area contributed by atoms with E-state index in [1.165, 1.54) is 18.4 Å². The normalized spacial score (nSPS) is 12.9. The Labute approximate surface area is 164 Å². The molecular formula is C21H23FN2O3S. The highest BCUT2D eigenvalue weighted by Crippen LogP contribution is 2.26. The minimum absolute atomic E-state index is 0.245. The number of hydrogen-bond acceptors (Lipinski definition) is 5. The molecule has 2 aromatic carbocycles. The minimum Gasteiger partial charge on any atom is -0.361 e. The first-order valence-electron chi connectivity index (χ1n) is 9.02. The Kier molecular flexibility index (Phi) is 5.96. The maximum atomic E-state index is 13.4. The predicted molar refractivity (Wildman–Crippen MR) is 105 cm³/mol. The quantitative estimate of drug-likeness (QED) is 0.647. The van der Waals surface area contributed by atoms with Crippen molar-refractivity contribution in [2.75, 3.05) is 6.26 Å². The molecule has 7 heteroatoms. The largest absolute Gasteiger partial charge is 0.361 e. The highest BCUT2D eigenvalue weighted by Gasteiger charge is 2.19. The van der Waals surface area contributed by atoms with E-state index >= 15 is 0 Å². The molecule has 1 heterocycles. The number of rotatable bonds is 7. The van der Waals surface area contributed by atoms with E-state index in [4.69, 9.17) is 4.52 Å². The lowest BCUT2D eigenvalue weighted by Crippen LogP contribution is -2.23. The molecule has 0 saturated heterocycles. The first kappa shape index (κ1) is 20.2. The molecule has 0 unspecified atom stereocenters. The van der Waals surface area contributed by atoms with E-state index in [2.05, 4.69) is 10.5 Å². The smallest absolute Gasteiger partial charge is 0.175 e. The van der Waals surface area contributed by atoms with Gasteiger partial charge in [-0.1, -0.05) is 36.3 Å². The summed E-state index contributed by atoms with van der Waals surface area (Å²) in [5.74, 6) is 0.489. The van der Waals surface area contributed by atoms with Gasteiger partial charge in [-0.2, -0.15) is 0 Å². The highest BCUT2D eigenvalue weighted by atomic mass is 32.2. The van der Waals surface area contributed by atoms with Crippen molar-refractivity contribution < 1.29 is 17.3 Å². The lowest BCUT2D eigenvalue weighted by Gasteiger charge is -2.21. The summed E-state index contributed by atoms with van der Waals surface area (Å²) in [6.07, 6.45) is 1.91. The van der Waals surface area contributed by atoms with Gasteiger partial charge in [0.2, 0.25) is 0 Å². The fourth-order valence-electron chi connectivity index (χ4n) is 3.15. The van der Waals surface area contributed by atoms with Crippen LogP contribution in [0.3, 0.4) is 0 Å². The SMILES string of the molecule is CCc1onc(C)c1CN[C@@H](c1ccc(F)cc1)c1cccc(S(C)(=O)=O)c1. The number of aryl methyl sites for hydroxylation is 2. The van der Waals surface area contributed by atoms with Crippen LogP contribution < -0.4 is 5.32 Å². The van der Waals surface area contributed by atoms with Gasteiger partial charge in [0.15, 0.2) is 9.84 Å². The second-order valence-corrected chi connectivity index (χ2v) is 8.75. The van der Waals surface area contributed by atoms with Crippen molar-refractivity contribution in [3.8, 4) is 0 Å². The molecule has 1 N–H and O–H groups in total. The van der Waals surface area contributed by atoms with Crippen molar-refractivity contribution in [2.45, 2.75) is 37.8 Å². The van der Waals surface area contributed by atoms with Gasteiger partial charge in [0.1, 0.15) is 11.6 Å². The van der Waals surface area contributed by atoms with E-state index in [0.29, 0.717) is 6.54 Å². The van der Waals surface area contributed by atoms with Crippen LogP contribution in [0.15, 0.2) is 57.9 Å². The van der Waals surface area contributed by atoms with Crippen LogP contribution in [0.25, 0.3) is 0 Å². The number of benzene rings is 2. The maximum absolute atomic E-state index is 13.4. The highest BCUT2D eigenvalue weighted by molar-refractivity contribution is 7.90. The van der Waals surface area contributed by atoms with Crippen molar-refractivity contribution >= 4 is 9.84 Å². The molecule has 0 spiro atoms. The average Bonchev–Trinajstić information content (AvgIpc) is 3.03. The summed E-state index contributed by atoms with van der Waals surface area (Å²) in [6.45, 7) is 4.37. The molecule has 0 bridgehead atoms. The number of nitrogens with one attached hydrogen (secondary N) is 1. The van der Waals surface area contributed by atoms with Gasteiger partial charge < -0.3 is 9.84 Å². The third kappa shape index (κ3) is 4.48. The van der Waals surface area contributed by atoms with Crippen molar-refractivity contribution in [3.05, 3.63) is 82.5 Å². The van der Waals surface area contributed by atoms with Gasteiger partial charge in [0.05, 0.1) is 16.6 Å². The van der Waals surface area contributed by atoms with Crippen molar-refractivity contribution in [2.24, 2.45) is 0 Å². The van der Waals surface area contributed by atoms with Crippen LogP contribution in [0.4, 0.5) is 4.39 Å². The van der Waals surface area contributed by atoms with Crippen LogP contribution in [-0.4, -0.2) is 19.8 Å². The monoisotopic (exact) mass is 402 g/mol. The summed E-state index contributed by atoms with van der Waals surface area (Å²) in [6, 6.07) is 12.7. The fourth-order valence-corrected chi connectivity index (χ4v) is 3.83. The number of hydrogen-bond donors (Lipinski definition) is 1. The van der Waals surface area contributed by atoms with Gasteiger partial charge in [0, 0.05) is 24.8 Å². The third-order valence-corrected chi connectivity index (χ3v) is 5.80. The summed E-state index contributed by atoms with van der Waals surface area (Å²) >= 11 is 0. The van der Waals surface area contributed by atoms with Gasteiger partial charge >= 0.3 is 0 Å². The summed E-state index contributed by atoms with van der Waals surface area (Å²) in [5.41, 5.74) is 3.40. The Balaban J connectivity index is 1.98. The van der Waals surface area contributed by atoms with Crippen LogP contribution in [-0.2, 0) is 22.8 Å². The molecule has 148 valence electrons. The van der Waals surface area contributed by atoms with Gasteiger partial charge in [-0.3, -0.25) is 0 Å². The Morgan fingerprint density at radius 1 is 1.14 bits per heavy atom. The second kappa shape index (κ2) is 8.24. The van der Waals surface area contributed by atoms with E-state index < -0.39 is 9.84 Å². The van der Waals surface area contributed by atoms with Gasteiger partial charge in [-0.25, -0.2) is 12.8 Å². The first-order chi connectivity index (χ1) is 13.3. The van der Waals surface area contributed by atoms with Crippen molar-refractivity contribution in [1.29, 1.82) is 0 Å². The van der Waals surface area contributed by atoms with Crippen molar-refractivity contribution in [3.63, 3.8) is 0 Å². The van der Waals surface area contributed by atoms with Gasteiger partial charge in [-0.05, 0) is 42.3 Å². The lowest BCUT2D eigenvalue weighted by molar-refractivity contribution is 0.381. The average molecular weight is 402 g/mol. The molecule has 0 fully saturated rings. The Hall–Kier alpha value is -2.51. The molecule has 3 aromatic rings. The molecule has 1 aromatic heterocycles. The molecule has 0 aliphatic carbocycles. The van der Waals surface area contributed by atoms with Gasteiger partial charge in [-0.15, -0.1) is 0 Å². The van der Waals surface area contributed by atoms with E-state index in [9.17, 15) is 12.8 Å². The van der Waals surface area contributed by atoms with Crippen molar-refractivity contribution in [1.82, 2.24) is 10.5 Å². The molecule has 28 heavy (non-hydrogen) atoms. The molecule has 3 rings (SSSR count). The van der Waals surface area contributed by atoms with Crippen LogP contribution >= 0.6 is 0 Å². The number of sulfone groups is 1. The molecule has 0 radical (unpaired) electrons. The zero-order chi connectivity index (χ0) is 20.3. The number of nitrogens with zero attached hydrogens (tertiary/aromatic N) is 1. The zero-order valence-electron chi connectivity index (χ0n) is 16.1. The molecule has 5 nitrogen and oxygen atoms in total. The minimum atomic E-state index is -3.34. The lowest BCUT2D eigenvalue weighted by atomic mass is 9.98. The first-order valence-corrected chi connectivity index (χ1v) is 10.9. The zero-order valence-corrected chi connectivity index (χ0v) is 16.9. The van der Waals surface area contributed by atoms with E-state index in [1.54, 1.807) is 30.3 Å². The van der Waals surface area contributed by atoms with Crippen LogP contribution in [0, 0.1) is 12.7 Å². The van der Waals surface area contributed by atoms with Crippen LogP contribution in [0.2, 0.25) is 0 Å². The second-order valence-electron chi connectivity index (χ2n) is 6.73. The Morgan fingerprint density at radius 2 is 1.86 bits per heavy atom. The molecule has 0 aliphatic rings. The summed E-state index contributed by atoms with van der Waals surface area (Å²) in [5, 5.41) is 7.48. The predicted octanol–water partition coefficient (Wildman–Crippen LogP) is 3.97. The van der Waals surface area contributed by atoms with E-state index in [0.717, 1.165) is 34.6 Å².